The van der Waals surface area contributed by atoms with Gasteiger partial charge in [-0.25, -0.2) is 8.42 Å². The molecule has 12 heteroatoms. The van der Waals surface area contributed by atoms with Gasteiger partial charge in [-0.2, -0.15) is 22.2 Å². The Bertz CT molecular complexity index is 1580. The van der Waals surface area contributed by atoms with E-state index in [9.17, 15) is 26.9 Å². The van der Waals surface area contributed by atoms with E-state index >= 15 is 0 Å². The standard InChI is InChI=1S/C25H22N4O6S2/c1-3-17-27(36(32,33)22-13-9-19(2)10-14-22)26-18-24-25(20-7-5-4-6-8-20)28(24)37(34,35)23-15-11-21(12-16-23)29(30)31/h1,4-16,18,24-25H,17H2,2H3/b26-18+/t24-,25-,28?/m1/s1. The van der Waals surface area contributed by atoms with Crippen molar-refractivity contribution in [3.63, 3.8) is 0 Å². The minimum Gasteiger partial charge on any atom is -0.258 e. The Balaban J connectivity index is 1.68. The van der Waals surface area contributed by atoms with E-state index in [0.717, 1.165) is 34.2 Å². The number of hydrazone groups is 1. The Morgan fingerprint density at radius 1 is 1.00 bits per heavy atom. The van der Waals surface area contributed by atoms with Crippen LogP contribution in [-0.2, 0) is 20.0 Å². The van der Waals surface area contributed by atoms with Crippen molar-refractivity contribution in [2.24, 2.45) is 5.10 Å². The smallest absolute Gasteiger partial charge is 0.258 e. The van der Waals surface area contributed by atoms with Crippen molar-refractivity contribution in [3.05, 3.63) is 100 Å². The predicted octanol–water partition coefficient (Wildman–Crippen LogP) is 3.33. The molecule has 10 nitrogen and oxygen atoms in total. The van der Waals surface area contributed by atoms with Crippen molar-refractivity contribution in [1.29, 1.82) is 0 Å². The van der Waals surface area contributed by atoms with Crippen molar-refractivity contribution >= 4 is 31.9 Å². The molecule has 0 amide bonds. The number of nitro groups is 1. The summed E-state index contributed by atoms with van der Waals surface area (Å²) in [5, 5.41) is 15.1. The normalized spacial score (nSPS) is 19.3. The maximum absolute atomic E-state index is 13.4. The highest BCUT2D eigenvalue weighted by Crippen LogP contribution is 2.47. The second-order valence-electron chi connectivity index (χ2n) is 8.20. The van der Waals surface area contributed by atoms with Gasteiger partial charge in [-0.15, -0.1) is 6.42 Å². The van der Waals surface area contributed by atoms with Crippen molar-refractivity contribution < 1.29 is 21.8 Å². The van der Waals surface area contributed by atoms with Gasteiger partial charge in [0.05, 0.1) is 26.8 Å². The van der Waals surface area contributed by atoms with E-state index in [4.69, 9.17) is 6.42 Å². The van der Waals surface area contributed by atoms with Gasteiger partial charge in [0, 0.05) is 18.3 Å². The molecule has 0 aliphatic carbocycles. The quantitative estimate of drug-likeness (QED) is 0.135. The maximum Gasteiger partial charge on any atom is 0.279 e. The molecule has 3 atom stereocenters. The average Bonchev–Trinajstić information content (AvgIpc) is 3.62. The van der Waals surface area contributed by atoms with Gasteiger partial charge in [0.1, 0.15) is 6.54 Å². The largest absolute Gasteiger partial charge is 0.279 e. The number of rotatable bonds is 9. The fourth-order valence-electron chi connectivity index (χ4n) is 3.78. The van der Waals surface area contributed by atoms with Crippen molar-refractivity contribution in [2.75, 3.05) is 6.54 Å². The highest BCUT2D eigenvalue weighted by Gasteiger charge is 2.55. The summed E-state index contributed by atoms with van der Waals surface area (Å²) < 4.78 is 55.0. The van der Waals surface area contributed by atoms with Gasteiger partial charge in [0.15, 0.2) is 0 Å². The molecular formula is C25H22N4O6S2. The molecule has 1 fully saturated rings. The van der Waals surface area contributed by atoms with E-state index in [2.05, 4.69) is 11.0 Å². The summed E-state index contributed by atoms with van der Waals surface area (Å²) in [6, 6.07) is 18.1. The molecule has 190 valence electrons. The fraction of sp³-hybridized carbons (Fsp3) is 0.160. The minimum absolute atomic E-state index is 0.00346. The van der Waals surface area contributed by atoms with Gasteiger partial charge in [0.2, 0.25) is 10.0 Å². The van der Waals surface area contributed by atoms with Gasteiger partial charge in [-0.1, -0.05) is 53.9 Å². The first-order valence-electron chi connectivity index (χ1n) is 11.0. The molecule has 1 heterocycles. The third-order valence-electron chi connectivity index (χ3n) is 5.74. The lowest BCUT2D eigenvalue weighted by atomic mass is 10.1. The number of nitro benzene ring substituents is 1. The first-order valence-corrected chi connectivity index (χ1v) is 13.9. The van der Waals surface area contributed by atoms with Crippen LogP contribution in [0.4, 0.5) is 5.69 Å². The second-order valence-corrected chi connectivity index (χ2v) is 11.9. The van der Waals surface area contributed by atoms with E-state index in [-0.39, 0.29) is 22.0 Å². The van der Waals surface area contributed by atoms with Crippen LogP contribution in [0.3, 0.4) is 0 Å². The zero-order valence-corrected chi connectivity index (χ0v) is 21.2. The molecule has 1 aliphatic rings. The van der Waals surface area contributed by atoms with Crippen molar-refractivity contribution in [3.8, 4) is 12.3 Å². The molecule has 37 heavy (non-hydrogen) atoms. The summed E-state index contributed by atoms with van der Waals surface area (Å²) >= 11 is 0. The average molecular weight is 539 g/mol. The highest BCUT2D eigenvalue weighted by atomic mass is 32.2. The van der Waals surface area contributed by atoms with E-state index in [1.54, 1.807) is 42.5 Å². The molecule has 4 rings (SSSR count). The molecule has 0 radical (unpaired) electrons. The molecule has 0 saturated carbocycles. The minimum atomic E-state index is -4.10. The molecule has 0 aromatic heterocycles. The summed E-state index contributed by atoms with van der Waals surface area (Å²) in [5.74, 6) is 2.27. The van der Waals surface area contributed by atoms with Gasteiger partial charge in [0.25, 0.3) is 15.7 Å². The first-order chi connectivity index (χ1) is 17.6. The molecule has 3 aromatic rings. The highest BCUT2D eigenvalue weighted by molar-refractivity contribution is 7.89. The Kier molecular flexibility index (Phi) is 7.13. The van der Waals surface area contributed by atoms with E-state index in [1.807, 2.05) is 6.92 Å². The third kappa shape index (κ3) is 5.24. The Morgan fingerprint density at radius 3 is 2.16 bits per heavy atom. The van der Waals surface area contributed by atoms with Gasteiger partial charge >= 0.3 is 0 Å². The monoisotopic (exact) mass is 538 g/mol. The summed E-state index contributed by atoms with van der Waals surface area (Å²) in [7, 11) is -8.18. The lowest BCUT2D eigenvalue weighted by Crippen LogP contribution is -2.27. The van der Waals surface area contributed by atoms with Crippen LogP contribution in [0.25, 0.3) is 0 Å². The molecule has 1 unspecified atom stereocenters. The topological polar surface area (TPSA) is 130 Å². The summed E-state index contributed by atoms with van der Waals surface area (Å²) in [5.41, 5.74) is 1.31. The van der Waals surface area contributed by atoms with E-state index < -0.39 is 37.1 Å². The molecule has 1 aliphatic heterocycles. The molecule has 0 N–H and O–H groups in total. The van der Waals surface area contributed by atoms with Crippen LogP contribution in [0.2, 0.25) is 0 Å². The summed E-state index contributed by atoms with van der Waals surface area (Å²) in [6.45, 7) is 1.47. The number of sulfonamides is 2. The molecule has 0 spiro atoms. The van der Waals surface area contributed by atoms with Crippen LogP contribution in [0.1, 0.15) is 17.2 Å². The lowest BCUT2D eigenvalue weighted by Gasteiger charge is -2.16. The Morgan fingerprint density at radius 2 is 1.59 bits per heavy atom. The molecule has 0 bridgehead atoms. The van der Waals surface area contributed by atoms with Crippen molar-refractivity contribution in [1.82, 2.24) is 8.72 Å². The van der Waals surface area contributed by atoms with E-state index in [0.29, 0.717) is 5.56 Å². The zero-order chi connectivity index (χ0) is 26.8. The Hall–Kier alpha value is -4.05. The summed E-state index contributed by atoms with van der Waals surface area (Å²) in [4.78, 5) is 10.2. The zero-order valence-electron chi connectivity index (χ0n) is 19.6. The lowest BCUT2D eigenvalue weighted by molar-refractivity contribution is -0.384. The number of non-ortho nitro benzene ring substituents is 1. The number of aryl methyl sites for hydroxylation is 1. The van der Waals surface area contributed by atoms with Crippen LogP contribution in [0, 0.1) is 29.4 Å². The second kappa shape index (κ2) is 10.1. The van der Waals surface area contributed by atoms with E-state index in [1.165, 1.54) is 22.7 Å². The number of terminal acetylenes is 1. The fourth-order valence-corrected chi connectivity index (χ4v) is 6.63. The van der Waals surface area contributed by atoms with Crippen LogP contribution in [0.5, 0.6) is 0 Å². The van der Waals surface area contributed by atoms with Gasteiger partial charge < -0.3 is 0 Å². The molecule has 3 aromatic carbocycles. The van der Waals surface area contributed by atoms with Crippen LogP contribution < -0.4 is 0 Å². The number of benzene rings is 3. The number of hydrogen-bond acceptors (Lipinski definition) is 7. The van der Waals surface area contributed by atoms with Gasteiger partial charge in [-0.3, -0.25) is 10.1 Å². The van der Waals surface area contributed by atoms with Crippen LogP contribution >= 0.6 is 0 Å². The van der Waals surface area contributed by atoms with Crippen molar-refractivity contribution in [2.45, 2.75) is 28.8 Å². The van der Waals surface area contributed by atoms with Crippen LogP contribution in [-0.4, -0.2) is 49.3 Å². The maximum atomic E-state index is 13.4. The molecule has 1 saturated heterocycles. The van der Waals surface area contributed by atoms with Gasteiger partial charge in [-0.05, 0) is 36.8 Å². The Labute approximate surface area is 215 Å². The summed E-state index contributed by atoms with van der Waals surface area (Å²) in [6.07, 6.45) is 6.63. The number of nitrogens with zero attached hydrogens (tertiary/aromatic N) is 4. The molecular weight excluding hydrogens is 516 g/mol. The first kappa shape index (κ1) is 26.0. The SMILES string of the molecule is C#CCN(/N=C/[C@@H]1[C@@H](c2ccccc2)N1S(=O)(=O)c1ccc([N+](=O)[O-])cc1)S(=O)(=O)c1ccc(C)cc1. The number of hydrogen-bond donors (Lipinski definition) is 0. The third-order valence-corrected chi connectivity index (χ3v) is 9.28. The van der Waals surface area contributed by atoms with Crippen LogP contribution in [0.15, 0.2) is 93.8 Å². The predicted molar refractivity (Wildman–Crippen MR) is 137 cm³/mol.